The van der Waals surface area contributed by atoms with Gasteiger partial charge in [-0.05, 0) is 25.7 Å². The van der Waals surface area contributed by atoms with E-state index in [2.05, 4.69) is 10.3 Å². The molecular formula is C10H18N2O4. The Bertz CT molecular complexity index is 253. The molecule has 0 atom stereocenters. The number of carbonyl (C=O) groups is 2. The van der Waals surface area contributed by atoms with Gasteiger partial charge in [-0.2, -0.15) is 0 Å². The zero-order valence-electron chi connectivity index (χ0n) is 9.44. The predicted molar refractivity (Wildman–Crippen MR) is 56.7 cm³/mol. The number of hydroxylamine groups is 1. The summed E-state index contributed by atoms with van der Waals surface area (Å²) in [5, 5.41) is 8.32. The molecule has 6 heteroatoms. The summed E-state index contributed by atoms with van der Waals surface area (Å²) in [4.78, 5) is 27.9. The molecule has 0 bridgehead atoms. The highest BCUT2D eigenvalue weighted by Crippen LogP contribution is 2.26. The van der Waals surface area contributed by atoms with Crippen LogP contribution >= 0.6 is 0 Å². The number of carboxylic acid groups (broad SMARTS) is 1. The molecule has 1 saturated carbocycles. The zero-order valence-corrected chi connectivity index (χ0v) is 9.44. The summed E-state index contributed by atoms with van der Waals surface area (Å²) in [5.41, 5.74) is 2.12. The highest BCUT2D eigenvalue weighted by Gasteiger charge is 2.22. The van der Waals surface area contributed by atoms with Gasteiger partial charge >= 0.3 is 12.0 Å². The Morgan fingerprint density at radius 2 is 2.19 bits per heavy atom. The average molecular weight is 230 g/mol. The van der Waals surface area contributed by atoms with E-state index in [0.29, 0.717) is 12.5 Å². The van der Waals surface area contributed by atoms with E-state index in [1.807, 2.05) is 6.92 Å². The molecule has 0 aromatic carbocycles. The molecule has 0 spiro atoms. The molecule has 1 rings (SSSR count). The fraction of sp³-hybridized carbons (Fsp3) is 0.800. The van der Waals surface area contributed by atoms with Gasteiger partial charge in [0.05, 0.1) is 0 Å². The summed E-state index contributed by atoms with van der Waals surface area (Å²) >= 11 is 0. The molecule has 1 aliphatic carbocycles. The Balaban J connectivity index is 2.22. The first-order valence-electron chi connectivity index (χ1n) is 5.52. The first-order chi connectivity index (χ1) is 7.63. The number of urea groups is 1. The van der Waals surface area contributed by atoms with Gasteiger partial charge in [-0.3, -0.25) is 4.84 Å². The Morgan fingerprint density at radius 1 is 1.50 bits per heavy atom. The number of carboxylic acids is 1. The van der Waals surface area contributed by atoms with E-state index >= 15 is 0 Å². The first-order valence-corrected chi connectivity index (χ1v) is 5.52. The average Bonchev–Trinajstić information content (AvgIpc) is 2.15. The van der Waals surface area contributed by atoms with Crippen LogP contribution in [0.2, 0.25) is 0 Å². The van der Waals surface area contributed by atoms with Gasteiger partial charge in [-0.1, -0.05) is 6.42 Å². The Kier molecular flexibility index (Phi) is 5.04. The fourth-order valence-electron chi connectivity index (χ4n) is 1.57. The standard InChI is InChI=1S/C10H18N2O4/c1-2-12(6-8-4-3-5-8)10(15)11-16-7-9(13)14/h8H,2-7H2,1H3,(H,11,15)(H,13,14). The molecular weight excluding hydrogens is 212 g/mol. The quantitative estimate of drug-likeness (QED) is 0.662. The van der Waals surface area contributed by atoms with Crippen LogP contribution in [0.5, 0.6) is 0 Å². The summed E-state index contributed by atoms with van der Waals surface area (Å²) in [6.45, 7) is 2.68. The number of nitrogens with zero attached hydrogens (tertiary/aromatic N) is 1. The molecule has 2 amide bonds. The minimum absolute atomic E-state index is 0.365. The minimum atomic E-state index is -1.11. The zero-order chi connectivity index (χ0) is 12.0. The third-order valence-corrected chi connectivity index (χ3v) is 2.73. The van der Waals surface area contributed by atoms with Gasteiger partial charge in [0.15, 0.2) is 6.61 Å². The second-order valence-electron chi connectivity index (χ2n) is 3.93. The number of nitrogens with one attached hydrogen (secondary N) is 1. The molecule has 1 fully saturated rings. The fourth-order valence-corrected chi connectivity index (χ4v) is 1.57. The van der Waals surface area contributed by atoms with Crippen molar-refractivity contribution in [3.8, 4) is 0 Å². The van der Waals surface area contributed by atoms with Crippen LogP contribution in [0, 0.1) is 5.92 Å². The number of aliphatic carboxylic acids is 1. The molecule has 0 aromatic rings. The van der Waals surface area contributed by atoms with E-state index in [4.69, 9.17) is 5.11 Å². The maximum absolute atomic E-state index is 11.5. The number of hydrogen-bond donors (Lipinski definition) is 2. The summed E-state index contributed by atoms with van der Waals surface area (Å²) in [5.74, 6) is -0.521. The van der Waals surface area contributed by atoms with E-state index in [0.717, 1.165) is 6.54 Å². The van der Waals surface area contributed by atoms with Crippen molar-refractivity contribution in [2.24, 2.45) is 5.92 Å². The molecule has 0 unspecified atom stereocenters. The topological polar surface area (TPSA) is 78.9 Å². The van der Waals surface area contributed by atoms with E-state index in [9.17, 15) is 9.59 Å². The van der Waals surface area contributed by atoms with Gasteiger partial charge < -0.3 is 10.0 Å². The Hall–Kier alpha value is -1.30. The van der Waals surface area contributed by atoms with Crippen molar-refractivity contribution < 1.29 is 19.5 Å². The van der Waals surface area contributed by atoms with Crippen LogP contribution in [0.1, 0.15) is 26.2 Å². The van der Waals surface area contributed by atoms with Crippen molar-refractivity contribution in [1.82, 2.24) is 10.4 Å². The lowest BCUT2D eigenvalue weighted by molar-refractivity contribution is -0.144. The number of rotatable bonds is 6. The Morgan fingerprint density at radius 3 is 2.62 bits per heavy atom. The lowest BCUT2D eigenvalue weighted by Crippen LogP contribution is -2.43. The molecule has 0 saturated heterocycles. The van der Waals surface area contributed by atoms with Crippen molar-refractivity contribution in [2.45, 2.75) is 26.2 Å². The minimum Gasteiger partial charge on any atom is -0.479 e. The van der Waals surface area contributed by atoms with Crippen molar-refractivity contribution in [3.63, 3.8) is 0 Å². The lowest BCUT2D eigenvalue weighted by Gasteiger charge is -2.31. The number of carbonyl (C=O) groups excluding carboxylic acids is 1. The Labute approximate surface area is 94.5 Å². The van der Waals surface area contributed by atoms with Crippen LogP contribution in [-0.4, -0.2) is 41.7 Å². The molecule has 0 heterocycles. The number of hydrogen-bond acceptors (Lipinski definition) is 3. The van der Waals surface area contributed by atoms with Crippen molar-refractivity contribution in [3.05, 3.63) is 0 Å². The van der Waals surface area contributed by atoms with Crippen LogP contribution < -0.4 is 5.48 Å². The maximum atomic E-state index is 11.5. The molecule has 0 aliphatic heterocycles. The molecule has 1 aliphatic rings. The van der Waals surface area contributed by atoms with Gasteiger partial charge in [-0.25, -0.2) is 15.1 Å². The lowest BCUT2D eigenvalue weighted by atomic mass is 9.85. The van der Waals surface area contributed by atoms with E-state index in [1.54, 1.807) is 4.90 Å². The van der Waals surface area contributed by atoms with Crippen molar-refractivity contribution >= 4 is 12.0 Å². The van der Waals surface area contributed by atoms with Crippen molar-refractivity contribution in [2.75, 3.05) is 19.7 Å². The maximum Gasteiger partial charge on any atom is 0.341 e. The van der Waals surface area contributed by atoms with Crippen LogP contribution in [-0.2, 0) is 9.63 Å². The third-order valence-electron chi connectivity index (χ3n) is 2.73. The third kappa shape index (κ3) is 4.06. The van der Waals surface area contributed by atoms with Crippen LogP contribution in [0.15, 0.2) is 0 Å². The van der Waals surface area contributed by atoms with Crippen LogP contribution in [0.3, 0.4) is 0 Å². The summed E-state index contributed by atoms with van der Waals surface area (Å²) in [6.07, 6.45) is 3.57. The molecule has 92 valence electrons. The van der Waals surface area contributed by atoms with Gasteiger partial charge in [-0.15, -0.1) is 0 Å². The van der Waals surface area contributed by atoms with Gasteiger partial charge in [0.1, 0.15) is 0 Å². The highest BCUT2D eigenvalue weighted by molar-refractivity contribution is 5.73. The van der Waals surface area contributed by atoms with Gasteiger partial charge in [0.2, 0.25) is 0 Å². The predicted octanol–water partition coefficient (Wildman–Crippen LogP) is 0.834. The molecule has 0 radical (unpaired) electrons. The summed E-state index contributed by atoms with van der Waals surface area (Å²) < 4.78 is 0. The molecule has 6 nitrogen and oxygen atoms in total. The smallest absolute Gasteiger partial charge is 0.341 e. The monoisotopic (exact) mass is 230 g/mol. The van der Waals surface area contributed by atoms with Crippen molar-refractivity contribution in [1.29, 1.82) is 0 Å². The largest absolute Gasteiger partial charge is 0.479 e. The van der Waals surface area contributed by atoms with Crippen LogP contribution in [0.25, 0.3) is 0 Å². The summed E-state index contributed by atoms with van der Waals surface area (Å²) in [6, 6.07) is -0.365. The second-order valence-corrected chi connectivity index (χ2v) is 3.93. The number of amides is 2. The van der Waals surface area contributed by atoms with Gasteiger partial charge in [0.25, 0.3) is 0 Å². The summed E-state index contributed by atoms with van der Waals surface area (Å²) in [7, 11) is 0. The van der Waals surface area contributed by atoms with Crippen LogP contribution in [0.4, 0.5) is 4.79 Å². The highest BCUT2D eigenvalue weighted by atomic mass is 16.7. The van der Waals surface area contributed by atoms with Gasteiger partial charge in [0, 0.05) is 13.1 Å². The second kappa shape index (κ2) is 6.32. The molecule has 2 N–H and O–H groups in total. The molecule has 0 aromatic heterocycles. The first kappa shape index (κ1) is 12.8. The normalized spacial score (nSPS) is 15.3. The molecule has 16 heavy (non-hydrogen) atoms. The SMILES string of the molecule is CCN(CC1CCC1)C(=O)NOCC(=O)O. The van der Waals surface area contributed by atoms with E-state index in [1.165, 1.54) is 19.3 Å². The van der Waals surface area contributed by atoms with E-state index in [-0.39, 0.29) is 6.03 Å². The van der Waals surface area contributed by atoms with E-state index < -0.39 is 12.6 Å².